The smallest absolute Gasteiger partial charge is 0.270 e. The van der Waals surface area contributed by atoms with Crippen LogP contribution in [0.1, 0.15) is 47.0 Å². The van der Waals surface area contributed by atoms with Crippen LogP contribution in [0.2, 0.25) is 0 Å². The van der Waals surface area contributed by atoms with Gasteiger partial charge in [0.05, 0.1) is 13.2 Å². The topological polar surface area (TPSA) is 58.0 Å². The number of Topliss-reactive ketones (excluding diaryl/α,β-unsaturated/α-hetero) is 1. The van der Waals surface area contributed by atoms with Gasteiger partial charge in [0, 0.05) is 57.6 Å². The fourth-order valence-corrected chi connectivity index (χ4v) is 4.77. The number of hydrogen-bond acceptors (Lipinski definition) is 5. The molecule has 7 nitrogen and oxygen atoms in total. The van der Waals surface area contributed by atoms with E-state index in [9.17, 15) is 9.59 Å². The first-order valence-electron chi connectivity index (χ1n) is 12.1. The molecule has 2 saturated heterocycles. The van der Waals surface area contributed by atoms with Crippen LogP contribution < -0.4 is 4.74 Å². The van der Waals surface area contributed by atoms with Crippen LogP contribution >= 0.6 is 0 Å². The molecule has 0 bridgehead atoms. The summed E-state index contributed by atoms with van der Waals surface area (Å²) in [6.45, 7) is 8.35. The highest BCUT2D eigenvalue weighted by Crippen LogP contribution is 2.17. The van der Waals surface area contributed by atoms with Gasteiger partial charge in [-0.1, -0.05) is 0 Å². The van der Waals surface area contributed by atoms with Crippen LogP contribution in [0.3, 0.4) is 0 Å². The van der Waals surface area contributed by atoms with Gasteiger partial charge in [0.1, 0.15) is 11.4 Å². The maximum absolute atomic E-state index is 12.7. The van der Waals surface area contributed by atoms with E-state index in [-0.39, 0.29) is 11.7 Å². The fourth-order valence-electron chi connectivity index (χ4n) is 4.77. The molecule has 2 aromatic rings. The number of carbonyl (C=O) groups is 2. The molecule has 3 heterocycles. The van der Waals surface area contributed by atoms with Crippen LogP contribution in [0.4, 0.5) is 0 Å². The van der Waals surface area contributed by atoms with Crippen molar-refractivity contribution in [2.75, 3.05) is 52.4 Å². The number of nitrogens with zero attached hydrogens (tertiary/aromatic N) is 4. The van der Waals surface area contributed by atoms with Gasteiger partial charge in [-0.3, -0.25) is 14.5 Å². The van der Waals surface area contributed by atoms with E-state index in [2.05, 4.69) is 16.7 Å². The number of ketones is 1. The van der Waals surface area contributed by atoms with Crippen LogP contribution in [0.15, 0.2) is 42.6 Å². The van der Waals surface area contributed by atoms with Gasteiger partial charge in [-0.2, -0.15) is 0 Å². The number of piperazine rings is 1. The van der Waals surface area contributed by atoms with Crippen molar-refractivity contribution in [3.05, 3.63) is 53.9 Å². The van der Waals surface area contributed by atoms with Crippen LogP contribution in [0, 0.1) is 0 Å². The van der Waals surface area contributed by atoms with Crippen LogP contribution in [0.5, 0.6) is 5.75 Å². The molecule has 0 aliphatic carbocycles. The van der Waals surface area contributed by atoms with Crippen molar-refractivity contribution in [1.82, 2.24) is 19.3 Å². The van der Waals surface area contributed by atoms with E-state index in [0.717, 1.165) is 18.7 Å². The molecular weight excluding hydrogens is 416 g/mol. The number of rotatable bonds is 9. The molecule has 33 heavy (non-hydrogen) atoms. The van der Waals surface area contributed by atoms with Crippen LogP contribution in [-0.4, -0.2) is 89.4 Å². The molecule has 0 radical (unpaired) electrons. The van der Waals surface area contributed by atoms with E-state index >= 15 is 0 Å². The minimum Gasteiger partial charge on any atom is -0.494 e. The Morgan fingerprint density at radius 3 is 2.42 bits per heavy atom. The van der Waals surface area contributed by atoms with Crippen molar-refractivity contribution in [2.24, 2.45) is 7.05 Å². The normalized spacial score (nSPS) is 19.7. The lowest BCUT2D eigenvalue weighted by atomic mass is 10.1. The number of likely N-dealkylation sites (tertiary alicyclic amines) is 1. The molecule has 1 amide bonds. The zero-order chi connectivity index (χ0) is 23.2. The molecule has 1 atom stereocenters. The Kier molecular flexibility index (Phi) is 7.83. The second-order valence-electron chi connectivity index (χ2n) is 9.25. The van der Waals surface area contributed by atoms with E-state index in [1.54, 1.807) is 0 Å². The zero-order valence-corrected chi connectivity index (χ0v) is 19.9. The van der Waals surface area contributed by atoms with Gasteiger partial charge < -0.3 is 19.1 Å². The number of aryl methyl sites for hydroxylation is 1. The van der Waals surface area contributed by atoms with Crippen molar-refractivity contribution >= 4 is 11.7 Å². The summed E-state index contributed by atoms with van der Waals surface area (Å²) in [4.78, 5) is 31.9. The standard InChI is InChI=1S/C26H36N4O3/c1-21-6-3-13-29(21)14-5-19-33-23-10-8-22(9-11-23)25(31)20-28-15-17-30(18-16-28)26(32)24-7-4-12-27(24)2/h4,7-12,21H,3,5-6,13-20H2,1-2H3. The van der Waals surface area contributed by atoms with Crippen molar-refractivity contribution < 1.29 is 14.3 Å². The first kappa shape index (κ1) is 23.5. The highest BCUT2D eigenvalue weighted by atomic mass is 16.5. The molecule has 0 spiro atoms. The Labute approximate surface area is 196 Å². The van der Waals surface area contributed by atoms with Crippen molar-refractivity contribution in [3.8, 4) is 5.75 Å². The zero-order valence-electron chi connectivity index (χ0n) is 19.9. The molecule has 1 aromatic heterocycles. The van der Waals surface area contributed by atoms with Gasteiger partial charge in [0.15, 0.2) is 5.78 Å². The minimum absolute atomic E-state index is 0.0546. The van der Waals surface area contributed by atoms with E-state index in [0.29, 0.717) is 56.6 Å². The molecule has 0 N–H and O–H groups in total. The van der Waals surface area contributed by atoms with Gasteiger partial charge in [-0.25, -0.2) is 0 Å². The number of amides is 1. The molecule has 1 unspecified atom stereocenters. The predicted molar refractivity (Wildman–Crippen MR) is 129 cm³/mol. The molecule has 2 aliphatic rings. The Morgan fingerprint density at radius 2 is 1.79 bits per heavy atom. The number of hydrogen-bond donors (Lipinski definition) is 0. The highest BCUT2D eigenvalue weighted by molar-refractivity contribution is 5.97. The second kappa shape index (κ2) is 11.0. The largest absolute Gasteiger partial charge is 0.494 e. The van der Waals surface area contributed by atoms with Crippen molar-refractivity contribution in [2.45, 2.75) is 32.2 Å². The van der Waals surface area contributed by atoms with Crippen LogP contribution in [0.25, 0.3) is 0 Å². The summed E-state index contributed by atoms with van der Waals surface area (Å²) in [5.41, 5.74) is 1.41. The third kappa shape index (κ3) is 6.03. The first-order chi connectivity index (χ1) is 16.0. The molecule has 1 aromatic carbocycles. The van der Waals surface area contributed by atoms with E-state index in [4.69, 9.17) is 4.74 Å². The Balaban J connectivity index is 1.17. The predicted octanol–water partition coefficient (Wildman–Crippen LogP) is 2.92. The first-order valence-corrected chi connectivity index (χ1v) is 12.1. The Hall–Kier alpha value is -2.64. The number of aromatic nitrogens is 1. The lowest BCUT2D eigenvalue weighted by molar-refractivity contribution is 0.0616. The van der Waals surface area contributed by atoms with Crippen molar-refractivity contribution in [3.63, 3.8) is 0 Å². The highest BCUT2D eigenvalue weighted by Gasteiger charge is 2.24. The average molecular weight is 453 g/mol. The monoisotopic (exact) mass is 452 g/mol. The Bertz CT molecular complexity index is 931. The number of benzene rings is 1. The average Bonchev–Trinajstić information content (AvgIpc) is 3.44. The third-order valence-electron chi connectivity index (χ3n) is 6.91. The summed E-state index contributed by atoms with van der Waals surface area (Å²) < 4.78 is 7.72. The van der Waals surface area contributed by atoms with Gasteiger partial charge in [0.25, 0.3) is 5.91 Å². The number of carbonyl (C=O) groups excluding carboxylic acids is 2. The Morgan fingerprint density at radius 1 is 1.03 bits per heavy atom. The quantitative estimate of drug-likeness (QED) is 0.433. The second-order valence-corrected chi connectivity index (χ2v) is 9.25. The van der Waals surface area contributed by atoms with Crippen molar-refractivity contribution in [1.29, 1.82) is 0 Å². The van der Waals surface area contributed by atoms with Crippen LogP contribution in [-0.2, 0) is 7.05 Å². The minimum atomic E-state index is 0.0546. The third-order valence-corrected chi connectivity index (χ3v) is 6.91. The molecular formula is C26H36N4O3. The molecule has 0 saturated carbocycles. The molecule has 178 valence electrons. The van der Waals surface area contributed by atoms with E-state index in [1.165, 1.54) is 19.4 Å². The molecule has 2 fully saturated rings. The number of ether oxygens (including phenoxy) is 1. The SMILES string of the molecule is CC1CCCN1CCCOc1ccc(C(=O)CN2CCN(C(=O)c3cccn3C)CC2)cc1. The lowest BCUT2D eigenvalue weighted by Crippen LogP contribution is -2.50. The fraction of sp³-hybridized carbons (Fsp3) is 0.538. The van der Waals surface area contributed by atoms with E-state index < -0.39 is 0 Å². The molecule has 7 heteroatoms. The summed E-state index contributed by atoms with van der Waals surface area (Å²) >= 11 is 0. The maximum atomic E-state index is 12.7. The molecule has 2 aliphatic heterocycles. The lowest BCUT2D eigenvalue weighted by Gasteiger charge is -2.34. The van der Waals surface area contributed by atoms with Gasteiger partial charge in [-0.15, -0.1) is 0 Å². The van der Waals surface area contributed by atoms with Gasteiger partial charge in [0.2, 0.25) is 0 Å². The maximum Gasteiger partial charge on any atom is 0.270 e. The van der Waals surface area contributed by atoms with Gasteiger partial charge >= 0.3 is 0 Å². The summed E-state index contributed by atoms with van der Waals surface area (Å²) in [6.07, 6.45) is 5.51. The summed E-state index contributed by atoms with van der Waals surface area (Å²) in [5, 5.41) is 0. The van der Waals surface area contributed by atoms with E-state index in [1.807, 2.05) is 59.1 Å². The summed E-state index contributed by atoms with van der Waals surface area (Å²) in [7, 11) is 1.88. The summed E-state index contributed by atoms with van der Waals surface area (Å²) in [5.74, 6) is 0.972. The summed E-state index contributed by atoms with van der Waals surface area (Å²) in [6, 6.07) is 11.9. The van der Waals surface area contributed by atoms with Gasteiger partial charge in [-0.05, 0) is 69.1 Å². The molecule has 4 rings (SSSR count).